The van der Waals surface area contributed by atoms with Crippen LogP contribution in [0.3, 0.4) is 0 Å². The normalized spacial score (nSPS) is 17.6. The molecule has 0 atom stereocenters. The summed E-state index contributed by atoms with van der Waals surface area (Å²) in [5.41, 5.74) is 1.81. The number of nitriles is 1. The minimum absolute atomic E-state index is 0.0233. The maximum atomic E-state index is 11.7. The molecule has 0 aliphatic carbocycles. The summed E-state index contributed by atoms with van der Waals surface area (Å²) in [6.45, 7) is 2.52. The topological polar surface area (TPSA) is 49.0 Å². The number of piperidine rings is 1. The third kappa shape index (κ3) is 3.20. The van der Waals surface area contributed by atoms with Gasteiger partial charge in [0.2, 0.25) is 0 Å². The summed E-state index contributed by atoms with van der Waals surface area (Å²) in [6.07, 6.45) is 3.47. The number of rotatable bonds is 3. The molecule has 1 saturated heterocycles. The van der Waals surface area contributed by atoms with Crippen molar-refractivity contribution in [3.8, 4) is 6.07 Å². The molecule has 0 unspecified atom stereocenters. The molecule has 4 nitrogen and oxygen atoms in total. The number of nitrogens with zero attached hydrogens (tertiary/aromatic N) is 3. The van der Waals surface area contributed by atoms with Crippen molar-refractivity contribution in [2.45, 2.75) is 24.8 Å². The molecular formula is C19H21N3O. The van der Waals surface area contributed by atoms with E-state index in [1.54, 1.807) is 17.7 Å². The summed E-state index contributed by atoms with van der Waals surface area (Å²) in [5, 5.41) is 9.73. The van der Waals surface area contributed by atoms with Crippen LogP contribution in [-0.2, 0) is 19.0 Å². The average Bonchev–Trinajstić information content (AvgIpc) is 2.60. The molecule has 0 N–H and O–H groups in total. The highest BCUT2D eigenvalue weighted by atomic mass is 16.1. The summed E-state index contributed by atoms with van der Waals surface area (Å²) in [5.74, 6) is 0. The van der Waals surface area contributed by atoms with Gasteiger partial charge in [0.15, 0.2) is 0 Å². The Morgan fingerprint density at radius 3 is 2.48 bits per heavy atom. The Balaban J connectivity index is 1.69. The van der Waals surface area contributed by atoms with Crippen LogP contribution in [0.4, 0.5) is 0 Å². The molecule has 23 heavy (non-hydrogen) atoms. The Hall–Kier alpha value is -2.38. The van der Waals surface area contributed by atoms with Gasteiger partial charge in [0.25, 0.3) is 5.56 Å². The van der Waals surface area contributed by atoms with Gasteiger partial charge in [-0.2, -0.15) is 5.26 Å². The molecule has 1 aromatic heterocycles. The molecule has 0 amide bonds. The summed E-state index contributed by atoms with van der Waals surface area (Å²) in [6, 6.07) is 16.3. The second kappa shape index (κ2) is 6.39. The van der Waals surface area contributed by atoms with Crippen molar-refractivity contribution in [2.24, 2.45) is 7.05 Å². The first kappa shape index (κ1) is 15.5. The van der Waals surface area contributed by atoms with E-state index in [1.807, 2.05) is 30.5 Å². The largest absolute Gasteiger partial charge is 0.319 e. The van der Waals surface area contributed by atoms with E-state index in [0.717, 1.165) is 43.6 Å². The van der Waals surface area contributed by atoms with Crippen LogP contribution in [-0.4, -0.2) is 22.6 Å². The fourth-order valence-electron chi connectivity index (χ4n) is 3.26. The molecule has 3 rings (SSSR count). The molecule has 0 spiro atoms. The lowest BCUT2D eigenvalue weighted by molar-refractivity contribution is 0.179. The Bertz CT molecular complexity index is 765. The lowest BCUT2D eigenvalue weighted by atomic mass is 9.74. The van der Waals surface area contributed by atoms with Gasteiger partial charge in [-0.1, -0.05) is 30.3 Å². The van der Waals surface area contributed by atoms with E-state index in [1.165, 1.54) is 0 Å². The van der Waals surface area contributed by atoms with Crippen LogP contribution in [0.15, 0.2) is 53.5 Å². The maximum Gasteiger partial charge on any atom is 0.250 e. The zero-order valence-corrected chi connectivity index (χ0v) is 13.4. The molecule has 0 bridgehead atoms. The minimum Gasteiger partial charge on any atom is -0.319 e. The smallest absolute Gasteiger partial charge is 0.250 e. The van der Waals surface area contributed by atoms with E-state index in [-0.39, 0.29) is 11.0 Å². The fourth-order valence-corrected chi connectivity index (χ4v) is 3.26. The highest BCUT2D eigenvalue weighted by Gasteiger charge is 2.36. The van der Waals surface area contributed by atoms with E-state index in [0.29, 0.717) is 0 Å². The molecule has 1 fully saturated rings. The van der Waals surface area contributed by atoms with Crippen LogP contribution in [0.2, 0.25) is 0 Å². The zero-order valence-electron chi connectivity index (χ0n) is 13.4. The molecule has 1 aliphatic heterocycles. The van der Waals surface area contributed by atoms with Crippen LogP contribution < -0.4 is 5.56 Å². The van der Waals surface area contributed by atoms with Crippen LogP contribution in [0.1, 0.15) is 24.0 Å². The lowest BCUT2D eigenvalue weighted by Gasteiger charge is -2.37. The number of benzene rings is 1. The van der Waals surface area contributed by atoms with Crippen molar-refractivity contribution in [1.82, 2.24) is 9.47 Å². The van der Waals surface area contributed by atoms with Gasteiger partial charge in [-0.3, -0.25) is 9.69 Å². The van der Waals surface area contributed by atoms with Crippen molar-refractivity contribution in [2.75, 3.05) is 13.1 Å². The van der Waals surface area contributed by atoms with Crippen molar-refractivity contribution in [3.05, 3.63) is 70.1 Å². The Morgan fingerprint density at radius 2 is 1.87 bits per heavy atom. The number of hydrogen-bond acceptors (Lipinski definition) is 3. The van der Waals surface area contributed by atoms with Gasteiger partial charge in [0, 0.05) is 38.9 Å². The highest BCUT2D eigenvalue weighted by Crippen LogP contribution is 2.35. The molecule has 2 aromatic rings. The van der Waals surface area contributed by atoms with E-state index in [9.17, 15) is 10.1 Å². The predicted molar refractivity (Wildman–Crippen MR) is 89.9 cm³/mol. The molecule has 1 aromatic carbocycles. The van der Waals surface area contributed by atoms with Gasteiger partial charge in [-0.15, -0.1) is 0 Å². The third-order valence-corrected chi connectivity index (χ3v) is 4.82. The van der Waals surface area contributed by atoms with Gasteiger partial charge < -0.3 is 4.57 Å². The van der Waals surface area contributed by atoms with Gasteiger partial charge in [-0.25, -0.2) is 0 Å². The molecule has 118 valence electrons. The first-order valence-electron chi connectivity index (χ1n) is 7.98. The maximum absolute atomic E-state index is 11.7. The highest BCUT2D eigenvalue weighted by molar-refractivity contribution is 5.33. The van der Waals surface area contributed by atoms with Crippen LogP contribution in [0.25, 0.3) is 0 Å². The summed E-state index contributed by atoms with van der Waals surface area (Å²) in [4.78, 5) is 14.0. The lowest BCUT2D eigenvalue weighted by Crippen LogP contribution is -2.41. The Labute approximate surface area is 136 Å². The standard InChI is InChI=1S/C19H21N3O/c1-21-10-7-16(13-18(21)23)14-22-11-8-19(15-20,9-12-22)17-5-3-2-4-6-17/h2-7,10,13H,8-9,11-12,14H2,1H3. The zero-order chi connectivity index (χ0) is 16.3. The van der Waals surface area contributed by atoms with Gasteiger partial charge >= 0.3 is 0 Å². The van der Waals surface area contributed by atoms with Crippen LogP contribution in [0.5, 0.6) is 0 Å². The SMILES string of the molecule is Cn1ccc(CN2CCC(C#N)(c3ccccc3)CC2)cc1=O. The molecule has 2 heterocycles. The minimum atomic E-state index is -0.370. The molecular weight excluding hydrogens is 286 g/mol. The molecule has 0 saturated carbocycles. The molecule has 4 heteroatoms. The quantitative estimate of drug-likeness (QED) is 0.875. The fraction of sp³-hybridized carbons (Fsp3) is 0.368. The van der Waals surface area contributed by atoms with Crippen molar-refractivity contribution < 1.29 is 0 Å². The van der Waals surface area contributed by atoms with Gasteiger partial charge in [0.05, 0.1) is 11.5 Å². The van der Waals surface area contributed by atoms with Crippen LogP contribution >= 0.6 is 0 Å². The second-order valence-electron chi connectivity index (χ2n) is 6.32. The third-order valence-electron chi connectivity index (χ3n) is 4.82. The van der Waals surface area contributed by atoms with E-state index >= 15 is 0 Å². The van der Waals surface area contributed by atoms with Crippen molar-refractivity contribution in [3.63, 3.8) is 0 Å². The summed E-state index contributed by atoms with van der Waals surface area (Å²) < 4.78 is 1.58. The monoisotopic (exact) mass is 307 g/mol. The Kier molecular flexibility index (Phi) is 4.31. The number of likely N-dealkylation sites (tertiary alicyclic amines) is 1. The van der Waals surface area contributed by atoms with Crippen molar-refractivity contribution in [1.29, 1.82) is 5.26 Å². The average molecular weight is 307 g/mol. The van der Waals surface area contributed by atoms with E-state index in [4.69, 9.17) is 0 Å². The van der Waals surface area contributed by atoms with Crippen molar-refractivity contribution >= 4 is 0 Å². The van der Waals surface area contributed by atoms with Gasteiger partial charge in [0.1, 0.15) is 0 Å². The summed E-state index contributed by atoms with van der Waals surface area (Å²) in [7, 11) is 1.76. The molecule has 0 radical (unpaired) electrons. The number of pyridine rings is 1. The van der Waals surface area contributed by atoms with Crippen LogP contribution in [0, 0.1) is 11.3 Å². The predicted octanol–water partition coefficient (Wildman–Crippen LogP) is 2.44. The van der Waals surface area contributed by atoms with Gasteiger partial charge in [-0.05, 0) is 30.0 Å². The second-order valence-corrected chi connectivity index (χ2v) is 6.32. The number of aromatic nitrogens is 1. The first-order valence-corrected chi connectivity index (χ1v) is 7.98. The summed E-state index contributed by atoms with van der Waals surface area (Å²) >= 11 is 0. The number of hydrogen-bond donors (Lipinski definition) is 0. The number of aryl methyl sites for hydroxylation is 1. The van der Waals surface area contributed by atoms with E-state index in [2.05, 4.69) is 23.1 Å². The first-order chi connectivity index (χ1) is 11.1. The molecule has 1 aliphatic rings. The Morgan fingerprint density at radius 1 is 1.17 bits per heavy atom. The van der Waals surface area contributed by atoms with E-state index < -0.39 is 0 Å².